The molecule has 0 aliphatic carbocycles. The molecule has 17 heavy (non-hydrogen) atoms. The average molecular weight is 238 g/mol. The molecule has 0 saturated carbocycles. The number of halogens is 2. The van der Waals surface area contributed by atoms with Crippen molar-refractivity contribution in [3.8, 4) is 11.8 Å². The van der Waals surface area contributed by atoms with Crippen LogP contribution in [0.3, 0.4) is 0 Å². The van der Waals surface area contributed by atoms with Crippen molar-refractivity contribution in [1.82, 2.24) is 5.32 Å². The van der Waals surface area contributed by atoms with Gasteiger partial charge in [0.05, 0.1) is 6.04 Å². The minimum Gasteiger partial charge on any atom is -0.329 e. The molecule has 3 N–H and O–H groups in total. The van der Waals surface area contributed by atoms with Crippen LogP contribution >= 0.6 is 0 Å². The molecule has 0 heterocycles. The Hall–Kier alpha value is -1.44. The summed E-state index contributed by atoms with van der Waals surface area (Å²) in [6, 6.07) is 3.28. The first-order valence-corrected chi connectivity index (χ1v) is 5.47. The number of hydrogen-bond acceptors (Lipinski definition) is 2. The molecule has 0 bridgehead atoms. The van der Waals surface area contributed by atoms with Gasteiger partial charge in [-0.3, -0.25) is 0 Å². The molecule has 1 unspecified atom stereocenters. The van der Waals surface area contributed by atoms with Crippen molar-refractivity contribution in [3.63, 3.8) is 0 Å². The summed E-state index contributed by atoms with van der Waals surface area (Å²) in [4.78, 5) is 0. The molecule has 0 aromatic heterocycles. The summed E-state index contributed by atoms with van der Waals surface area (Å²) in [6.07, 6.45) is 0.628. The van der Waals surface area contributed by atoms with E-state index in [4.69, 9.17) is 5.73 Å². The summed E-state index contributed by atoms with van der Waals surface area (Å²) < 4.78 is 27.0. The normalized spacial score (nSPS) is 11.8. The quantitative estimate of drug-likeness (QED) is 0.608. The van der Waals surface area contributed by atoms with E-state index >= 15 is 0 Å². The van der Waals surface area contributed by atoms with Crippen LogP contribution < -0.4 is 11.1 Å². The zero-order valence-corrected chi connectivity index (χ0v) is 9.76. The average Bonchev–Trinajstić information content (AvgIpc) is 2.31. The number of nitrogens with two attached hydrogens (primary N) is 1. The molecular formula is C13H16F2N2. The second kappa shape index (κ2) is 7.00. The molecule has 0 saturated heterocycles. The lowest BCUT2D eigenvalue weighted by Crippen LogP contribution is -2.30. The summed E-state index contributed by atoms with van der Waals surface area (Å²) in [5.74, 6) is 4.47. The van der Waals surface area contributed by atoms with E-state index in [-0.39, 0.29) is 12.1 Å². The van der Waals surface area contributed by atoms with Crippen LogP contribution in [0.4, 0.5) is 8.78 Å². The number of hydrogen-bond donors (Lipinski definition) is 2. The summed E-state index contributed by atoms with van der Waals surface area (Å²) in [5.41, 5.74) is 5.52. The highest BCUT2D eigenvalue weighted by Gasteiger charge is 2.17. The van der Waals surface area contributed by atoms with Gasteiger partial charge in [0.1, 0.15) is 11.6 Å². The fraction of sp³-hybridized carbons (Fsp3) is 0.385. The number of benzene rings is 1. The first-order valence-electron chi connectivity index (χ1n) is 5.47. The van der Waals surface area contributed by atoms with Crippen LogP contribution in [0.15, 0.2) is 18.2 Å². The van der Waals surface area contributed by atoms with Gasteiger partial charge in [-0.15, -0.1) is 11.8 Å². The second-order valence-electron chi connectivity index (χ2n) is 3.55. The molecule has 0 aliphatic rings. The van der Waals surface area contributed by atoms with Gasteiger partial charge in [-0.2, -0.15) is 0 Å². The molecule has 4 heteroatoms. The van der Waals surface area contributed by atoms with E-state index in [1.165, 1.54) is 18.2 Å². The van der Waals surface area contributed by atoms with Crippen molar-refractivity contribution in [3.05, 3.63) is 35.4 Å². The highest BCUT2D eigenvalue weighted by Crippen LogP contribution is 2.19. The van der Waals surface area contributed by atoms with Gasteiger partial charge in [0.2, 0.25) is 0 Å². The van der Waals surface area contributed by atoms with Crippen LogP contribution in [0.2, 0.25) is 0 Å². The summed E-state index contributed by atoms with van der Waals surface area (Å²) >= 11 is 0. The molecule has 0 spiro atoms. The minimum absolute atomic E-state index is 0.000502. The Labute approximate surface area is 100 Å². The van der Waals surface area contributed by atoms with Crippen molar-refractivity contribution in [2.75, 3.05) is 13.1 Å². The number of rotatable bonds is 5. The molecule has 2 nitrogen and oxygen atoms in total. The Morgan fingerprint density at radius 3 is 2.53 bits per heavy atom. The van der Waals surface area contributed by atoms with E-state index in [0.29, 0.717) is 13.0 Å². The third kappa shape index (κ3) is 3.81. The highest BCUT2D eigenvalue weighted by atomic mass is 19.1. The lowest BCUT2D eigenvalue weighted by molar-refractivity contribution is 0.475. The monoisotopic (exact) mass is 238 g/mol. The number of nitrogens with one attached hydrogen (secondary N) is 1. The predicted octanol–water partition coefficient (Wildman–Crippen LogP) is 1.97. The topological polar surface area (TPSA) is 38.0 Å². The Morgan fingerprint density at radius 1 is 1.35 bits per heavy atom. The van der Waals surface area contributed by atoms with Crippen molar-refractivity contribution < 1.29 is 8.78 Å². The Bertz CT molecular complexity index is 401. The fourth-order valence-corrected chi connectivity index (χ4v) is 1.58. The molecule has 1 rings (SSSR count). The van der Waals surface area contributed by atoms with Gasteiger partial charge < -0.3 is 11.1 Å². The van der Waals surface area contributed by atoms with Gasteiger partial charge in [0.25, 0.3) is 0 Å². The molecule has 0 aliphatic heterocycles. The Balaban J connectivity index is 2.74. The van der Waals surface area contributed by atoms with Gasteiger partial charge in [0.15, 0.2) is 0 Å². The molecule has 0 fully saturated rings. The summed E-state index contributed by atoms with van der Waals surface area (Å²) in [7, 11) is 0. The Kier molecular flexibility index (Phi) is 5.61. The molecule has 1 aromatic rings. The van der Waals surface area contributed by atoms with Crippen molar-refractivity contribution in [2.45, 2.75) is 19.4 Å². The van der Waals surface area contributed by atoms with E-state index < -0.39 is 17.7 Å². The van der Waals surface area contributed by atoms with Crippen LogP contribution in [0, 0.1) is 23.5 Å². The first kappa shape index (κ1) is 13.6. The Morgan fingerprint density at radius 2 is 2.00 bits per heavy atom. The molecule has 0 radical (unpaired) electrons. The molecule has 1 atom stereocenters. The first-order chi connectivity index (χ1) is 8.20. The van der Waals surface area contributed by atoms with E-state index in [9.17, 15) is 8.78 Å². The van der Waals surface area contributed by atoms with E-state index in [1.54, 1.807) is 6.92 Å². The minimum atomic E-state index is -0.575. The van der Waals surface area contributed by atoms with Crippen LogP contribution in [0.1, 0.15) is 24.9 Å². The van der Waals surface area contributed by atoms with Gasteiger partial charge >= 0.3 is 0 Å². The lowest BCUT2D eigenvalue weighted by atomic mass is 10.1. The lowest BCUT2D eigenvalue weighted by Gasteiger charge is -2.17. The highest BCUT2D eigenvalue weighted by molar-refractivity contribution is 5.23. The van der Waals surface area contributed by atoms with Gasteiger partial charge in [0, 0.05) is 25.1 Å². The van der Waals surface area contributed by atoms with Crippen LogP contribution in [0.25, 0.3) is 0 Å². The van der Waals surface area contributed by atoms with Gasteiger partial charge in [-0.05, 0) is 19.1 Å². The maximum Gasteiger partial charge on any atom is 0.130 e. The maximum atomic E-state index is 13.5. The van der Waals surface area contributed by atoms with Crippen LogP contribution in [-0.4, -0.2) is 13.1 Å². The van der Waals surface area contributed by atoms with Crippen LogP contribution in [-0.2, 0) is 0 Å². The molecule has 92 valence electrons. The van der Waals surface area contributed by atoms with E-state index in [2.05, 4.69) is 17.2 Å². The van der Waals surface area contributed by atoms with Crippen LogP contribution in [0.5, 0.6) is 0 Å². The maximum absolute atomic E-state index is 13.5. The standard InChI is InChI=1S/C13H16F2N2/c1-2-3-4-8-17-12(9-16)13-10(14)6-5-7-11(13)15/h5-7,12,17H,4,8-9,16H2,1H3. The molecular weight excluding hydrogens is 222 g/mol. The third-order valence-corrected chi connectivity index (χ3v) is 2.40. The van der Waals surface area contributed by atoms with Gasteiger partial charge in [-0.1, -0.05) is 6.07 Å². The van der Waals surface area contributed by atoms with Crippen molar-refractivity contribution in [1.29, 1.82) is 0 Å². The van der Waals surface area contributed by atoms with Crippen molar-refractivity contribution >= 4 is 0 Å². The second-order valence-corrected chi connectivity index (χ2v) is 3.55. The largest absolute Gasteiger partial charge is 0.329 e. The zero-order chi connectivity index (χ0) is 12.7. The smallest absolute Gasteiger partial charge is 0.130 e. The summed E-state index contributed by atoms with van der Waals surface area (Å²) in [6.45, 7) is 2.44. The fourth-order valence-electron chi connectivity index (χ4n) is 1.58. The molecule has 0 amide bonds. The molecule has 1 aromatic carbocycles. The van der Waals surface area contributed by atoms with Crippen molar-refractivity contribution in [2.24, 2.45) is 5.73 Å². The zero-order valence-electron chi connectivity index (χ0n) is 9.76. The SMILES string of the molecule is CC#CCCNC(CN)c1c(F)cccc1F. The predicted molar refractivity (Wildman–Crippen MR) is 64.2 cm³/mol. The van der Waals surface area contributed by atoms with E-state index in [1.807, 2.05) is 0 Å². The van der Waals surface area contributed by atoms with Gasteiger partial charge in [-0.25, -0.2) is 8.78 Å². The summed E-state index contributed by atoms with van der Waals surface area (Å²) in [5, 5.41) is 2.99. The van der Waals surface area contributed by atoms with E-state index in [0.717, 1.165) is 0 Å². The third-order valence-electron chi connectivity index (χ3n) is 2.40.